The Bertz CT molecular complexity index is 877. The van der Waals surface area contributed by atoms with E-state index in [0.29, 0.717) is 5.92 Å². The first-order valence-electron chi connectivity index (χ1n) is 7.97. The predicted octanol–water partition coefficient (Wildman–Crippen LogP) is 5.21. The second kappa shape index (κ2) is 5.54. The minimum absolute atomic E-state index is 0.569. The summed E-state index contributed by atoms with van der Waals surface area (Å²) in [6.07, 6.45) is 3.41. The summed E-state index contributed by atoms with van der Waals surface area (Å²) in [5.41, 5.74) is 4.30. The van der Waals surface area contributed by atoms with E-state index in [1.165, 1.54) is 18.4 Å². The smallest absolute Gasteiger partial charge is 0.151 e. The fourth-order valence-corrected chi connectivity index (χ4v) is 3.33. The summed E-state index contributed by atoms with van der Waals surface area (Å²) in [5, 5.41) is 2.07. The van der Waals surface area contributed by atoms with Gasteiger partial charge in [0.25, 0.3) is 0 Å². The molecule has 1 saturated carbocycles. The summed E-state index contributed by atoms with van der Waals surface area (Å²) in [4.78, 5) is 11.9. The molecule has 0 aromatic heterocycles. The predicted molar refractivity (Wildman–Crippen MR) is 93.3 cm³/mol. The summed E-state index contributed by atoms with van der Waals surface area (Å²) in [7, 11) is 1.67. The fourth-order valence-electron chi connectivity index (χ4n) is 3.33. The van der Waals surface area contributed by atoms with Crippen molar-refractivity contribution in [3.63, 3.8) is 0 Å². The van der Waals surface area contributed by atoms with Gasteiger partial charge in [-0.3, -0.25) is 4.79 Å². The molecule has 0 spiro atoms. The molecule has 1 aliphatic carbocycles. The van der Waals surface area contributed by atoms with Gasteiger partial charge in [0.05, 0.1) is 7.11 Å². The van der Waals surface area contributed by atoms with Crippen molar-refractivity contribution in [3.8, 4) is 16.9 Å². The minimum atomic E-state index is 0.569. The highest BCUT2D eigenvalue weighted by Crippen LogP contribution is 2.47. The normalized spacial score (nSPS) is 14.0. The number of benzene rings is 3. The molecule has 0 radical (unpaired) electrons. The lowest BCUT2D eigenvalue weighted by atomic mass is 9.88. The number of hydrogen-bond acceptors (Lipinski definition) is 2. The molecule has 0 amide bonds. The summed E-state index contributed by atoms with van der Waals surface area (Å²) in [6, 6.07) is 18.4. The van der Waals surface area contributed by atoms with Crippen molar-refractivity contribution in [2.45, 2.75) is 18.8 Å². The Morgan fingerprint density at radius 2 is 1.83 bits per heavy atom. The molecule has 0 unspecified atom stereocenters. The van der Waals surface area contributed by atoms with Crippen molar-refractivity contribution in [3.05, 3.63) is 65.7 Å². The Morgan fingerprint density at radius 3 is 2.48 bits per heavy atom. The molecule has 3 aromatic rings. The van der Waals surface area contributed by atoms with Crippen LogP contribution in [-0.4, -0.2) is 13.4 Å². The van der Waals surface area contributed by atoms with Crippen LogP contribution in [-0.2, 0) is 0 Å². The number of rotatable bonds is 4. The third-order valence-electron chi connectivity index (χ3n) is 4.62. The molecule has 0 heterocycles. The quantitative estimate of drug-likeness (QED) is 0.619. The van der Waals surface area contributed by atoms with Gasteiger partial charge in [-0.05, 0) is 64.4 Å². The van der Waals surface area contributed by atoms with Crippen LogP contribution in [0.3, 0.4) is 0 Å². The number of methoxy groups -OCH3 is 1. The first-order chi connectivity index (χ1) is 11.3. The van der Waals surface area contributed by atoms with E-state index in [0.717, 1.165) is 39.5 Å². The fraction of sp³-hybridized carbons (Fsp3) is 0.190. The summed E-state index contributed by atoms with van der Waals surface area (Å²) in [5.74, 6) is 1.39. The molecule has 2 nitrogen and oxygen atoms in total. The maximum Gasteiger partial charge on any atom is 0.151 e. The number of fused-ring (bicyclic) bond motifs is 1. The first kappa shape index (κ1) is 14.0. The molecule has 0 aliphatic heterocycles. The molecule has 0 atom stereocenters. The van der Waals surface area contributed by atoms with Crippen LogP contribution >= 0.6 is 0 Å². The lowest BCUT2D eigenvalue weighted by molar-refractivity contribution is 0.112. The van der Waals surface area contributed by atoms with Crippen LogP contribution in [0.5, 0.6) is 5.75 Å². The van der Waals surface area contributed by atoms with Gasteiger partial charge in [-0.1, -0.05) is 36.4 Å². The van der Waals surface area contributed by atoms with Gasteiger partial charge in [0.15, 0.2) is 6.29 Å². The van der Waals surface area contributed by atoms with Crippen LogP contribution in [0.4, 0.5) is 0 Å². The first-order valence-corrected chi connectivity index (χ1v) is 7.97. The van der Waals surface area contributed by atoms with E-state index in [-0.39, 0.29) is 0 Å². The molecule has 114 valence electrons. The van der Waals surface area contributed by atoms with Crippen LogP contribution < -0.4 is 4.74 Å². The van der Waals surface area contributed by atoms with Crippen LogP contribution in [0.25, 0.3) is 21.9 Å². The van der Waals surface area contributed by atoms with Crippen LogP contribution in [0.2, 0.25) is 0 Å². The third kappa shape index (κ3) is 2.40. The summed E-state index contributed by atoms with van der Waals surface area (Å²) in [6.45, 7) is 0. The topological polar surface area (TPSA) is 26.3 Å². The van der Waals surface area contributed by atoms with Crippen LogP contribution in [0.15, 0.2) is 54.6 Å². The second-order valence-corrected chi connectivity index (χ2v) is 6.10. The molecular weight excluding hydrogens is 284 g/mol. The van der Waals surface area contributed by atoms with Gasteiger partial charge in [0.1, 0.15) is 5.75 Å². The average molecular weight is 302 g/mol. The standard InChI is InChI=1S/C21H18O2/c1-23-17-9-10-18-16(11-17)12-19(14-7-8-14)21(20(18)13-22)15-5-3-2-4-6-15/h2-6,9-14H,7-8H2,1H3. The Labute approximate surface area is 135 Å². The molecule has 23 heavy (non-hydrogen) atoms. The van der Waals surface area contributed by atoms with Gasteiger partial charge in [-0.25, -0.2) is 0 Å². The number of hydrogen-bond donors (Lipinski definition) is 0. The second-order valence-electron chi connectivity index (χ2n) is 6.10. The van der Waals surface area contributed by atoms with E-state index in [4.69, 9.17) is 4.74 Å². The zero-order valence-corrected chi connectivity index (χ0v) is 13.1. The minimum Gasteiger partial charge on any atom is -0.497 e. The van der Waals surface area contributed by atoms with Gasteiger partial charge in [-0.2, -0.15) is 0 Å². The lowest BCUT2D eigenvalue weighted by Crippen LogP contribution is -1.97. The Balaban J connectivity index is 2.07. The molecule has 1 fully saturated rings. The number of ether oxygens (including phenoxy) is 1. The van der Waals surface area contributed by atoms with Crippen LogP contribution in [0.1, 0.15) is 34.7 Å². The highest BCUT2D eigenvalue weighted by molar-refractivity contribution is 6.06. The number of carbonyl (C=O) groups is 1. The molecule has 4 rings (SSSR count). The lowest BCUT2D eigenvalue weighted by Gasteiger charge is -2.16. The summed E-state index contributed by atoms with van der Waals surface area (Å²) < 4.78 is 5.34. The maximum atomic E-state index is 11.9. The van der Waals surface area contributed by atoms with Crippen LogP contribution in [0, 0.1) is 0 Å². The SMILES string of the molecule is COc1ccc2c(C=O)c(-c3ccccc3)c(C3CC3)cc2c1. The van der Waals surface area contributed by atoms with E-state index in [1.807, 2.05) is 36.4 Å². The molecule has 0 N–H and O–H groups in total. The van der Waals surface area contributed by atoms with Gasteiger partial charge in [0, 0.05) is 5.56 Å². The Morgan fingerprint density at radius 1 is 1.04 bits per heavy atom. The molecule has 2 heteroatoms. The van der Waals surface area contributed by atoms with Crippen molar-refractivity contribution in [2.75, 3.05) is 7.11 Å². The van der Waals surface area contributed by atoms with Crippen molar-refractivity contribution in [1.29, 1.82) is 0 Å². The van der Waals surface area contributed by atoms with Crippen molar-refractivity contribution in [2.24, 2.45) is 0 Å². The average Bonchev–Trinajstić information content (AvgIpc) is 3.45. The largest absolute Gasteiger partial charge is 0.497 e. The van der Waals surface area contributed by atoms with Gasteiger partial charge in [0.2, 0.25) is 0 Å². The van der Waals surface area contributed by atoms with E-state index in [1.54, 1.807) is 7.11 Å². The van der Waals surface area contributed by atoms with Crippen molar-refractivity contribution in [1.82, 2.24) is 0 Å². The Kier molecular flexibility index (Phi) is 3.38. The monoisotopic (exact) mass is 302 g/mol. The van der Waals surface area contributed by atoms with Crippen molar-refractivity contribution >= 4 is 17.1 Å². The van der Waals surface area contributed by atoms with Crippen molar-refractivity contribution < 1.29 is 9.53 Å². The highest BCUT2D eigenvalue weighted by atomic mass is 16.5. The number of carbonyl (C=O) groups excluding carboxylic acids is 1. The molecule has 0 bridgehead atoms. The van der Waals surface area contributed by atoms with E-state index in [2.05, 4.69) is 18.2 Å². The molecule has 1 aliphatic rings. The molecular formula is C21H18O2. The summed E-state index contributed by atoms with van der Waals surface area (Å²) >= 11 is 0. The zero-order valence-electron chi connectivity index (χ0n) is 13.1. The third-order valence-corrected chi connectivity index (χ3v) is 4.62. The maximum absolute atomic E-state index is 11.9. The zero-order chi connectivity index (χ0) is 15.8. The Hall–Kier alpha value is -2.61. The van der Waals surface area contributed by atoms with E-state index in [9.17, 15) is 4.79 Å². The van der Waals surface area contributed by atoms with Gasteiger partial charge in [-0.15, -0.1) is 0 Å². The molecule has 0 saturated heterocycles. The highest BCUT2D eigenvalue weighted by Gasteiger charge is 2.28. The van der Waals surface area contributed by atoms with E-state index < -0.39 is 0 Å². The van der Waals surface area contributed by atoms with Gasteiger partial charge >= 0.3 is 0 Å². The van der Waals surface area contributed by atoms with E-state index >= 15 is 0 Å². The molecule has 3 aromatic carbocycles. The number of aldehydes is 1. The van der Waals surface area contributed by atoms with Gasteiger partial charge < -0.3 is 4.74 Å².